The number of aliphatic imine (C=N–C) groups is 2. The Hall–Kier alpha value is -3.17. The van der Waals surface area contributed by atoms with Gasteiger partial charge < -0.3 is 30.0 Å². The van der Waals surface area contributed by atoms with Crippen LogP contribution >= 0.6 is 0 Å². The van der Waals surface area contributed by atoms with Crippen molar-refractivity contribution in [2.24, 2.45) is 21.8 Å². The summed E-state index contributed by atoms with van der Waals surface area (Å²) in [5, 5.41) is 37.9. The number of hydrogen-bond donors (Lipinski definition) is 2. The van der Waals surface area contributed by atoms with E-state index in [1.807, 2.05) is 24.3 Å². The van der Waals surface area contributed by atoms with E-state index in [0.29, 0.717) is 24.9 Å². The van der Waals surface area contributed by atoms with Crippen LogP contribution in [0.4, 0.5) is 0 Å². The van der Waals surface area contributed by atoms with E-state index in [2.05, 4.69) is 37.7 Å². The Morgan fingerprint density at radius 3 is 1.33 bits per heavy atom. The second kappa shape index (κ2) is 21.7. The first-order valence-electron chi connectivity index (χ1n) is 12.8. The van der Waals surface area contributed by atoms with E-state index in [1.54, 1.807) is 24.6 Å². The number of nitrogens with zero attached hydrogens (tertiary/aromatic N) is 2. The van der Waals surface area contributed by atoms with Crippen LogP contribution in [0.2, 0.25) is 0 Å². The summed E-state index contributed by atoms with van der Waals surface area (Å²) in [4.78, 5) is 26.6. The van der Waals surface area contributed by atoms with Gasteiger partial charge in [-0.05, 0) is 86.8 Å². The number of carboxylic acids is 2. The molecule has 0 heterocycles. The van der Waals surface area contributed by atoms with Crippen molar-refractivity contribution in [2.45, 2.75) is 67.2 Å². The van der Waals surface area contributed by atoms with Crippen LogP contribution < -0.4 is 10.2 Å². The standard InChI is InChI=1S/C26H36N2O2.2C2H4O2.Co/c1-19(2)5-7-21-9-11-25(29)23(15-21)17-27-13-14-28-18-24-16-22(8-6-20(3)4)10-12-26(24)30;2*1-2(3)4;/h9-12,15-20,29-30H,5-8,13-14H2,1-4H3;2*1H3,(H,3,4);/q;;;+2/p-2. The Labute approximate surface area is 243 Å². The molecule has 9 heteroatoms. The SMILES string of the molecule is CC(=O)[O-].CC(=O)[O-].CC(C)CCc1ccc(O)c(C=NCCN=Cc2cc(CCC(C)C)ccc2O)c1.[Co+2]. The van der Waals surface area contributed by atoms with Crippen molar-refractivity contribution < 1.29 is 46.8 Å². The van der Waals surface area contributed by atoms with E-state index in [9.17, 15) is 10.2 Å². The second-order valence-corrected chi connectivity index (χ2v) is 9.71. The van der Waals surface area contributed by atoms with Crippen LogP contribution in [0.1, 0.15) is 76.6 Å². The third-order valence-electron chi connectivity index (χ3n) is 5.02. The second-order valence-electron chi connectivity index (χ2n) is 9.71. The molecule has 0 saturated heterocycles. The van der Waals surface area contributed by atoms with E-state index in [-0.39, 0.29) is 28.3 Å². The van der Waals surface area contributed by atoms with Crippen molar-refractivity contribution in [3.05, 3.63) is 58.7 Å². The van der Waals surface area contributed by atoms with Crippen LogP contribution in [-0.4, -0.2) is 47.7 Å². The van der Waals surface area contributed by atoms with Crippen LogP contribution in [0.5, 0.6) is 11.5 Å². The predicted molar refractivity (Wildman–Crippen MR) is 149 cm³/mol. The summed E-state index contributed by atoms with van der Waals surface area (Å²) in [5.74, 6) is -0.356. The van der Waals surface area contributed by atoms with Gasteiger partial charge in [-0.3, -0.25) is 9.98 Å². The quantitative estimate of drug-likeness (QED) is 0.306. The first-order chi connectivity index (χ1) is 17.8. The maximum absolute atomic E-state index is 10.0. The van der Waals surface area contributed by atoms with Crippen molar-refractivity contribution in [1.82, 2.24) is 0 Å². The fraction of sp³-hybridized carbons (Fsp3) is 0.467. The Morgan fingerprint density at radius 2 is 1.05 bits per heavy atom. The maximum atomic E-state index is 10.0. The summed E-state index contributed by atoms with van der Waals surface area (Å²) in [6.07, 6.45) is 7.69. The third-order valence-corrected chi connectivity index (χ3v) is 5.02. The first-order valence-corrected chi connectivity index (χ1v) is 12.8. The zero-order valence-corrected chi connectivity index (χ0v) is 24.8. The summed E-state index contributed by atoms with van der Waals surface area (Å²) in [5.41, 5.74) is 3.93. The number of carbonyl (C=O) groups excluding carboxylic acids is 2. The molecule has 1 radical (unpaired) electrons. The van der Waals surface area contributed by atoms with Crippen molar-refractivity contribution in [2.75, 3.05) is 13.1 Å². The van der Waals surface area contributed by atoms with Crippen LogP contribution in [0.25, 0.3) is 0 Å². The van der Waals surface area contributed by atoms with E-state index in [1.165, 1.54) is 11.1 Å². The largest absolute Gasteiger partial charge is 2.00 e. The van der Waals surface area contributed by atoms with Crippen molar-refractivity contribution in [3.8, 4) is 11.5 Å². The van der Waals surface area contributed by atoms with Crippen LogP contribution in [-0.2, 0) is 39.2 Å². The molecule has 2 rings (SSSR count). The van der Waals surface area contributed by atoms with Gasteiger partial charge in [-0.25, -0.2) is 0 Å². The number of aliphatic carboxylic acids is 2. The summed E-state index contributed by atoms with van der Waals surface area (Å²) >= 11 is 0. The third kappa shape index (κ3) is 21.5. The molecule has 2 aromatic carbocycles. The van der Waals surface area contributed by atoms with E-state index in [0.717, 1.165) is 50.7 Å². The molecule has 0 atom stereocenters. The van der Waals surface area contributed by atoms with Gasteiger partial charge >= 0.3 is 16.8 Å². The molecule has 0 fully saturated rings. The molecule has 0 bridgehead atoms. The normalized spacial score (nSPS) is 10.6. The Balaban J connectivity index is 0. The number of phenolic OH excluding ortho intramolecular Hbond substituents is 2. The van der Waals surface area contributed by atoms with Gasteiger partial charge in [0, 0.05) is 35.5 Å². The Kier molecular flexibility index (Phi) is 21.2. The number of phenols is 2. The predicted octanol–water partition coefficient (Wildman–Crippen LogP) is 3.32. The Bertz CT molecular complexity index is 960. The van der Waals surface area contributed by atoms with E-state index >= 15 is 0 Å². The summed E-state index contributed by atoms with van der Waals surface area (Å²) in [7, 11) is 0. The molecule has 0 saturated carbocycles. The van der Waals surface area contributed by atoms with E-state index in [4.69, 9.17) is 19.8 Å². The van der Waals surface area contributed by atoms with Crippen LogP contribution in [0.15, 0.2) is 46.4 Å². The van der Waals surface area contributed by atoms with Crippen molar-refractivity contribution in [3.63, 3.8) is 0 Å². The smallest absolute Gasteiger partial charge is 0.550 e. The van der Waals surface area contributed by atoms with Gasteiger partial charge in [0.2, 0.25) is 0 Å². The molecule has 0 unspecified atom stereocenters. The molecule has 8 nitrogen and oxygen atoms in total. The molecule has 217 valence electrons. The number of hydrogen-bond acceptors (Lipinski definition) is 8. The van der Waals surface area contributed by atoms with Crippen LogP contribution in [0, 0.1) is 11.8 Å². The number of aromatic hydroxyl groups is 2. The molecule has 2 N–H and O–H groups in total. The number of carbonyl (C=O) groups is 2. The van der Waals surface area contributed by atoms with Crippen molar-refractivity contribution >= 4 is 24.4 Å². The minimum Gasteiger partial charge on any atom is -0.550 e. The van der Waals surface area contributed by atoms with Gasteiger partial charge in [-0.2, -0.15) is 0 Å². The summed E-state index contributed by atoms with van der Waals surface area (Å²) in [6.45, 7) is 11.9. The topological polar surface area (TPSA) is 145 Å². The molecular formula is C30H42CoN2O6. The monoisotopic (exact) mass is 585 g/mol. The molecule has 0 aromatic heterocycles. The number of benzene rings is 2. The van der Waals surface area contributed by atoms with Gasteiger partial charge in [-0.15, -0.1) is 0 Å². The molecule has 0 amide bonds. The summed E-state index contributed by atoms with van der Waals surface area (Å²) < 4.78 is 0. The molecule has 39 heavy (non-hydrogen) atoms. The average Bonchev–Trinajstić information content (AvgIpc) is 2.80. The minimum atomic E-state index is -1.08. The molecule has 0 aliphatic rings. The van der Waals surface area contributed by atoms with Crippen molar-refractivity contribution in [1.29, 1.82) is 0 Å². The number of rotatable bonds is 11. The van der Waals surface area contributed by atoms with Gasteiger partial charge in [0.1, 0.15) is 11.5 Å². The van der Waals surface area contributed by atoms with Crippen LogP contribution in [0.3, 0.4) is 0 Å². The zero-order valence-electron chi connectivity index (χ0n) is 23.8. The minimum absolute atomic E-state index is 0. The molecule has 0 spiro atoms. The van der Waals surface area contributed by atoms with Gasteiger partial charge in [0.05, 0.1) is 13.1 Å². The van der Waals surface area contributed by atoms with Gasteiger partial charge in [-0.1, -0.05) is 39.8 Å². The molecule has 0 aliphatic heterocycles. The number of carboxylic acid groups (broad SMARTS) is 2. The molecular weight excluding hydrogens is 543 g/mol. The number of aryl methyl sites for hydroxylation is 2. The average molecular weight is 586 g/mol. The zero-order chi connectivity index (χ0) is 29.1. The van der Waals surface area contributed by atoms with Gasteiger partial charge in [0.25, 0.3) is 0 Å². The maximum Gasteiger partial charge on any atom is 2.00 e. The Morgan fingerprint density at radius 1 is 0.744 bits per heavy atom. The first kappa shape index (κ1) is 38.0. The fourth-order valence-electron chi connectivity index (χ4n) is 3.08. The van der Waals surface area contributed by atoms with Gasteiger partial charge in [0.15, 0.2) is 0 Å². The molecule has 2 aromatic rings. The fourth-order valence-corrected chi connectivity index (χ4v) is 3.08. The van der Waals surface area contributed by atoms with E-state index < -0.39 is 11.9 Å². The summed E-state index contributed by atoms with van der Waals surface area (Å²) in [6, 6.07) is 11.4. The molecule has 0 aliphatic carbocycles.